The Labute approximate surface area is 131 Å². The summed E-state index contributed by atoms with van der Waals surface area (Å²) in [6.45, 7) is 0.328. The van der Waals surface area contributed by atoms with Crippen LogP contribution in [0.25, 0.3) is 22.6 Å². The number of rotatable bonds is 4. The van der Waals surface area contributed by atoms with Crippen LogP contribution in [0.4, 0.5) is 5.95 Å². The van der Waals surface area contributed by atoms with Crippen LogP contribution in [0.3, 0.4) is 0 Å². The second kappa shape index (κ2) is 6.15. The molecule has 0 spiro atoms. The van der Waals surface area contributed by atoms with Gasteiger partial charge in [-0.3, -0.25) is 4.79 Å². The van der Waals surface area contributed by atoms with Crippen LogP contribution in [0.15, 0.2) is 52.1 Å². The van der Waals surface area contributed by atoms with Crippen molar-refractivity contribution in [2.75, 3.05) is 5.73 Å². The molecule has 0 saturated heterocycles. The van der Waals surface area contributed by atoms with E-state index in [0.29, 0.717) is 23.6 Å². The Morgan fingerprint density at radius 1 is 1.35 bits per heavy atom. The summed E-state index contributed by atoms with van der Waals surface area (Å²) >= 11 is 0. The summed E-state index contributed by atoms with van der Waals surface area (Å²) < 4.78 is 6.89. The molecule has 2 N–H and O–H groups in total. The Hall–Kier alpha value is -3.40. The van der Waals surface area contributed by atoms with E-state index in [1.807, 2.05) is 6.07 Å². The van der Waals surface area contributed by atoms with E-state index in [4.69, 9.17) is 15.4 Å². The zero-order chi connectivity index (χ0) is 16.2. The lowest BCUT2D eigenvalue weighted by Crippen LogP contribution is -2.18. The van der Waals surface area contributed by atoms with Crippen LogP contribution >= 0.6 is 0 Å². The van der Waals surface area contributed by atoms with Gasteiger partial charge >= 0.3 is 0 Å². The van der Waals surface area contributed by atoms with Crippen molar-refractivity contribution in [3.8, 4) is 28.7 Å². The van der Waals surface area contributed by atoms with Crippen molar-refractivity contribution in [3.63, 3.8) is 0 Å². The van der Waals surface area contributed by atoms with E-state index in [0.717, 1.165) is 5.56 Å². The van der Waals surface area contributed by atoms with Crippen LogP contribution in [-0.2, 0) is 6.54 Å². The number of aromatic nitrogens is 3. The van der Waals surface area contributed by atoms with Gasteiger partial charge in [0, 0.05) is 36.1 Å². The third-order valence-electron chi connectivity index (χ3n) is 3.32. The summed E-state index contributed by atoms with van der Waals surface area (Å²) in [6, 6.07) is 8.70. The molecule has 0 radical (unpaired) electrons. The molecule has 3 rings (SSSR count). The summed E-state index contributed by atoms with van der Waals surface area (Å²) in [5.41, 5.74) is 7.50. The van der Waals surface area contributed by atoms with Gasteiger partial charge in [0.25, 0.3) is 5.56 Å². The number of nitrogens with zero attached hydrogens (tertiary/aromatic N) is 4. The summed E-state index contributed by atoms with van der Waals surface area (Å²) in [4.78, 5) is 20.1. The standard InChI is InChI=1S/C16H13N5O2/c17-6-2-7-21-10-11(4-5-14(21)22)12-9-19-16(18)20-15(12)13-3-1-8-23-13/h1,3-5,8-10H,2,7H2,(H2,18,19,20). The van der Waals surface area contributed by atoms with Crippen molar-refractivity contribution < 1.29 is 4.42 Å². The molecule has 0 aliphatic carbocycles. The average molecular weight is 307 g/mol. The molecule has 23 heavy (non-hydrogen) atoms. The van der Waals surface area contributed by atoms with Crippen molar-refractivity contribution >= 4 is 5.95 Å². The van der Waals surface area contributed by atoms with Gasteiger partial charge in [0.1, 0.15) is 5.69 Å². The average Bonchev–Trinajstić information content (AvgIpc) is 3.08. The summed E-state index contributed by atoms with van der Waals surface area (Å²) in [5, 5.41) is 8.69. The van der Waals surface area contributed by atoms with Crippen LogP contribution in [0.1, 0.15) is 6.42 Å². The highest BCUT2D eigenvalue weighted by Gasteiger charge is 2.14. The molecule has 0 aliphatic heterocycles. The zero-order valence-corrected chi connectivity index (χ0v) is 12.1. The van der Waals surface area contributed by atoms with Gasteiger partial charge < -0.3 is 14.7 Å². The minimum absolute atomic E-state index is 0.137. The van der Waals surface area contributed by atoms with E-state index < -0.39 is 0 Å². The molecule has 3 heterocycles. The molecule has 0 fully saturated rings. The lowest BCUT2D eigenvalue weighted by atomic mass is 10.1. The minimum Gasteiger partial charge on any atom is -0.463 e. The first-order valence-electron chi connectivity index (χ1n) is 6.93. The first kappa shape index (κ1) is 14.5. The lowest BCUT2D eigenvalue weighted by Gasteiger charge is -2.09. The molecule has 0 bridgehead atoms. The Kier molecular flexibility index (Phi) is 3.89. The Balaban J connectivity index is 2.12. The van der Waals surface area contributed by atoms with Crippen molar-refractivity contribution in [1.29, 1.82) is 5.26 Å². The first-order chi connectivity index (χ1) is 11.2. The van der Waals surface area contributed by atoms with E-state index in [1.165, 1.54) is 10.6 Å². The zero-order valence-electron chi connectivity index (χ0n) is 12.1. The van der Waals surface area contributed by atoms with Gasteiger partial charge in [-0.15, -0.1) is 0 Å². The van der Waals surface area contributed by atoms with Crippen LogP contribution < -0.4 is 11.3 Å². The molecule has 114 valence electrons. The third-order valence-corrected chi connectivity index (χ3v) is 3.32. The summed E-state index contributed by atoms with van der Waals surface area (Å²) in [5.74, 6) is 0.696. The highest BCUT2D eigenvalue weighted by Crippen LogP contribution is 2.30. The van der Waals surface area contributed by atoms with E-state index in [1.54, 1.807) is 36.9 Å². The smallest absolute Gasteiger partial charge is 0.250 e. The number of aryl methyl sites for hydroxylation is 1. The number of nitriles is 1. The summed E-state index contributed by atoms with van der Waals surface area (Å²) in [6.07, 6.45) is 5.08. The largest absolute Gasteiger partial charge is 0.463 e. The quantitative estimate of drug-likeness (QED) is 0.789. The second-order valence-corrected chi connectivity index (χ2v) is 4.83. The molecule has 3 aromatic heterocycles. The molecule has 0 unspecified atom stereocenters. The predicted molar refractivity (Wildman–Crippen MR) is 84.1 cm³/mol. The predicted octanol–water partition coefficient (Wildman–Crippen LogP) is 2.06. The number of hydrogen-bond donors (Lipinski definition) is 1. The molecule has 3 aromatic rings. The van der Waals surface area contributed by atoms with Gasteiger partial charge in [-0.2, -0.15) is 5.26 Å². The SMILES string of the molecule is N#CCCn1cc(-c2cnc(N)nc2-c2ccco2)ccc1=O. The van der Waals surface area contributed by atoms with Crippen LogP contribution in [-0.4, -0.2) is 14.5 Å². The number of nitrogen functional groups attached to an aromatic ring is 1. The molecule has 7 heteroatoms. The van der Waals surface area contributed by atoms with Crippen LogP contribution in [0.5, 0.6) is 0 Å². The Bertz CT molecular complexity index is 922. The molecule has 0 aromatic carbocycles. The van der Waals surface area contributed by atoms with Crippen molar-refractivity contribution in [1.82, 2.24) is 14.5 Å². The highest BCUT2D eigenvalue weighted by molar-refractivity contribution is 5.78. The molecular formula is C16H13N5O2. The summed E-state index contributed by atoms with van der Waals surface area (Å²) in [7, 11) is 0. The van der Waals surface area contributed by atoms with E-state index in [9.17, 15) is 4.79 Å². The highest BCUT2D eigenvalue weighted by atomic mass is 16.3. The topological polar surface area (TPSA) is 111 Å². The normalized spacial score (nSPS) is 10.4. The first-order valence-corrected chi connectivity index (χ1v) is 6.93. The maximum absolute atomic E-state index is 11.9. The van der Waals surface area contributed by atoms with Crippen molar-refractivity contribution in [2.24, 2.45) is 0 Å². The monoisotopic (exact) mass is 307 g/mol. The van der Waals surface area contributed by atoms with Gasteiger partial charge in [0.05, 0.1) is 18.8 Å². The van der Waals surface area contributed by atoms with Crippen LogP contribution in [0.2, 0.25) is 0 Å². The van der Waals surface area contributed by atoms with E-state index in [2.05, 4.69) is 9.97 Å². The van der Waals surface area contributed by atoms with Gasteiger partial charge in [-0.05, 0) is 18.2 Å². The van der Waals surface area contributed by atoms with E-state index >= 15 is 0 Å². The van der Waals surface area contributed by atoms with Crippen molar-refractivity contribution in [3.05, 3.63) is 53.3 Å². The lowest BCUT2D eigenvalue weighted by molar-refractivity contribution is 0.580. The number of furan rings is 1. The minimum atomic E-state index is -0.167. The number of anilines is 1. The fourth-order valence-corrected chi connectivity index (χ4v) is 2.24. The fraction of sp³-hybridized carbons (Fsp3) is 0.125. The molecule has 0 amide bonds. The maximum atomic E-state index is 11.9. The number of pyridine rings is 1. The second-order valence-electron chi connectivity index (χ2n) is 4.83. The van der Waals surface area contributed by atoms with Gasteiger partial charge in [-0.25, -0.2) is 9.97 Å². The molecule has 0 aliphatic rings. The van der Waals surface area contributed by atoms with Gasteiger partial charge in [-0.1, -0.05) is 0 Å². The Morgan fingerprint density at radius 3 is 2.96 bits per heavy atom. The number of nitrogens with two attached hydrogens (primary N) is 1. The van der Waals surface area contributed by atoms with Crippen molar-refractivity contribution in [2.45, 2.75) is 13.0 Å². The van der Waals surface area contributed by atoms with Gasteiger partial charge in [0.2, 0.25) is 5.95 Å². The molecular weight excluding hydrogens is 294 g/mol. The van der Waals surface area contributed by atoms with Crippen LogP contribution in [0, 0.1) is 11.3 Å². The number of hydrogen-bond acceptors (Lipinski definition) is 6. The van der Waals surface area contributed by atoms with Gasteiger partial charge in [0.15, 0.2) is 5.76 Å². The molecule has 0 saturated carbocycles. The Morgan fingerprint density at radius 2 is 2.22 bits per heavy atom. The van der Waals surface area contributed by atoms with E-state index in [-0.39, 0.29) is 17.9 Å². The fourth-order valence-electron chi connectivity index (χ4n) is 2.24. The molecule has 0 atom stereocenters. The maximum Gasteiger partial charge on any atom is 0.250 e. The molecule has 7 nitrogen and oxygen atoms in total. The third kappa shape index (κ3) is 2.96.